The van der Waals surface area contributed by atoms with Crippen LogP contribution in [-0.2, 0) is 0 Å². The predicted molar refractivity (Wildman–Crippen MR) is 74.4 cm³/mol. The molecule has 2 unspecified atom stereocenters. The molecule has 0 amide bonds. The quantitative estimate of drug-likeness (QED) is 0.737. The first-order chi connectivity index (χ1) is 10.1. The van der Waals surface area contributed by atoms with Crippen LogP contribution in [0.5, 0.6) is 23.0 Å². The largest absolute Gasteiger partial charge is 0.508 e. The number of phenols is 3. The van der Waals surface area contributed by atoms with Crippen molar-refractivity contribution in [2.75, 3.05) is 0 Å². The summed E-state index contributed by atoms with van der Waals surface area (Å²) >= 11 is 0. The van der Waals surface area contributed by atoms with E-state index in [-0.39, 0.29) is 35.0 Å². The van der Waals surface area contributed by atoms with Gasteiger partial charge in [-0.15, -0.1) is 0 Å². The van der Waals surface area contributed by atoms with E-state index in [0.29, 0.717) is 0 Å². The van der Waals surface area contributed by atoms with Gasteiger partial charge in [0.15, 0.2) is 0 Å². The minimum absolute atomic E-state index is 0.135. The monoisotopic (exact) mass is 287 g/mol. The van der Waals surface area contributed by atoms with Crippen LogP contribution < -0.4 is 4.74 Å². The highest BCUT2D eigenvalue weighted by Gasteiger charge is 2.33. The van der Waals surface area contributed by atoms with Gasteiger partial charge in [0.1, 0.15) is 35.1 Å². The standard InChI is InChI=1S/C15H13NO5/c17-9-3-1-8(2-4-9)13-7-11(16-20)15-12(19)5-10(18)6-14(15)21-13/h1-6,11,13,17-19H,7H2. The van der Waals surface area contributed by atoms with Crippen molar-refractivity contribution in [2.24, 2.45) is 5.18 Å². The summed E-state index contributed by atoms with van der Waals surface area (Å²) in [6.45, 7) is 0. The molecule has 2 aromatic rings. The van der Waals surface area contributed by atoms with Gasteiger partial charge in [0, 0.05) is 18.6 Å². The molecular formula is C15H13NO5. The molecule has 1 aliphatic heterocycles. The lowest BCUT2D eigenvalue weighted by molar-refractivity contribution is 0.158. The molecule has 0 aromatic heterocycles. The summed E-state index contributed by atoms with van der Waals surface area (Å²) in [6.07, 6.45) is -0.165. The van der Waals surface area contributed by atoms with Crippen LogP contribution in [0.1, 0.15) is 29.7 Å². The summed E-state index contributed by atoms with van der Waals surface area (Å²) in [5, 5.41) is 31.8. The second-order valence-corrected chi connectivity index (χ2v) is 4.93. The number of ether oxygens (including phenoxy) is 1. The van der Waals surface area contributed by atoms with Gasteiger partial charge >= 0.3 is 0 Å². The van der Waals surface area contributed by atoms with Gasteiger partial charge in [0.05, 0.1) is 5.56 Å². The Morgan fingerprint density at radius 1 is 1.05 bits per heavy atom. The van der Waals surface area contributed by atoms with Gasteiger partial charge in [-0.3, -0.25) is 0 Å². The van der Waals surface area contributed by atoms with Crippen molar-refractivity contribution in [3.8, 4) is 23.0 Å². The molecule has 108 valence electrons. The normalized spacial score (nSPS) is 20.4. The van der Waals surface area contributed by atoms with E-state index in [0.717, 1.165) is 11.6 Å². The Morgan fingerprint density at radius 3 is 2.43 bits per heavy atom. The van der Waals surface area contributed by atoms with Gasteiger partial charge in [0.25, 0.3) is 0 Å². The molecule has 0 radical (unpaired) electrons. The smallest absolute Gasteiger partial charge is 0.133 e. The summed E-state index contributed by atoms with van der Waals surface area (Å²) in [4.78, 5) is 11.1. The van der Waals surface area contributed by atoms with Crippen LogP contribution >= 0.6 is 0 Å². The molecule has 3 N–H and O–H groups in total. The van der Waals surface area contributed by atoms with Gasteiger partial charge < -0.3 is 20.1 Å². The molecule has 0 bridgehead atoms. The molecule has 1 aliphatic rings. The number of benzene rings is 2. The fourth-order valence-corrected chi connectivity index (χ4v) is 2.54. The molecule has 0 fully saturated rings. The molecule has 0 saturated heterocycles. The average molecular weight is 287 g/mol. The number of hydrogen-bond donors (Lipinski definition) is 3. The van der Waals surface area contributed by atoms with Crippen molar-refractivity contribution >= 4 is 0 Å². The maximum atomic E-state index is 11.1. The van der Waals surface area contributed by atoms with E-state index in [2.05, 4.69) is 5.18 Å². The zero-order chi connectivity index (χ0) is 15.0. The van der Waals surface area contributed by atoms with Crippen LogP contribution in [0.4, 0.5) is 0 Å². The Labute approximate surface area is 120 Å². The second-order valence-electron chi connectivity index (χ2n) is 4.93. The number of aromatic hydroxyl groups is 3. The third kappa shape index (κ3) is 2.35. The Hall–Kier alpha value is -2.76. The van der Waals surface area contributed by atoms with Crippen molar-refractivity contribution in [3.63, 3.8) is 0 Å². The molecule has 6 nitrogen and oxygen atoms in total. The first-order valence-corrected chi connectivity index (χ1v) is 6.42. The van der Waals surface area contributed by atoms with Gasteiger partial charge in [-0.05, 0) is 17.7 Å². The van der Waals surface area contributed by atoms with Gasteiger partial charge in [0.2, 0.25) is 0 Å². The zero-order valence-electron chi connectivity index (χ0n) is 10.9. The lowest BCUT2D eigenvalue weighted by Crippen LogP contribution is -2.18. The third-order valence-corrected chi connectivity index (χ3v) is 3.54. The molecule has 0 spiro atoms. The Morgan fingerprint density at radius 2 is 1.76 bits per heavy atom. The Bertz CT molecular complexity index is 683. The molecule has 3 rings (SSSR count). The molecule has 2 aromatic carbocycles. The van der Waals surface area contributed by atoms with E-state index in [1.54, 1.807) is 12.1 Å². The minimum Gasteiger partial charge on any atom is -0.508 e. The molecule has 0 aliphatic carbocycles. The molecule has 21 heavy (non-hydrogen) atoms. The maximum Gasteiger partial charge on any atom is 0.133 e. The van der Waals surface area contributed by atoms with Crippen LogP contribution in [0.15, 0.2) is 41.6 Å². The fraction of sp³-hybridized carbons (Fsp3) is 0.200. The van der Waals surface area contributed by atoms with Crippen LogP contribution in [0.25, 0.3) is 0 Å². The summed E-state index contributed by atoms with van der Waals surface area (Å²) < 4.78 is 5.75. The molecule has 0 saturated carbocycles. The number of hydrogen-bond acceptors (Lipinski definition) is 6. The lowest BCUT2D eigenvalue weighted by Gasteiger charge is -2.29. The van der Waals surface area contributed by atoms with E-state index >= 15 is 0 Å². The molecule has 1 heterocycles. The van der Waals surface area contributed by atoms with Crippen molar-refractivity contribution in [3.05, 3.63) is 52.4 Å². The van der Waals surface area contributed by atoms with E-state index in [1.807, 2.05) is 0 Å². The predicted octanol–water partition coefficient (Wildman–Crippen LogP) is 3.13. The van der Waals surface area contributed by atoms with Crippen molar-refractivity contribution in [2.45, 2.75) is 18.6 Å². The molecule has 2 atom stereocenters. The highest BCUT2D eigenvalue weighted by molar-refractivity contribution is 5.52. The van der Waals surface area contributed by atoms with Crippen LogP contribution in [0.2, 0.25) is 0 Å². The average Bonchev–Trinajstić information content (AvgIpc) is 2.46. The highest BCUT2D eigenvalue weighted by Crippen LogP contribution is 2.48. The number of fused-ring (bicyclic) bond motifs is 1. The fourth-order valence-electron chi connectivity index (χ4n) is 2.54. The summed E-state index contributed by atoms with van der Waals surface area (Å²) in [6, 6.07) is 8.18. The van der Waals surface area contributed by atoms with Crippen molar-refractivity contribution < 1.29 is 20.1 Å². The van der Waals surface area contributed by atoms with Crippen molar-refractivity contribution in [1.29, 1.82) is 0 Å². The summed E-state index contributed by atoms with van der Waals surface area (Å²) in [5.74, 6) is 0.0118. The van der Waals surface area contributed by atoms with Crippen LogP contribution in [0, 0.1) is 4.91 Å². The Kier molecular flexibility index (Phi) is 3.13. The van der Waals surface area contributed by atoms with E-state index in [9.17, 15) is 20.2 Å². The number of nitrogens with zero attached hydrogens (tertiary/aromatic N) is 1. The molecular weight excluding hydrogens is 274 g/mol. The van der Waals surface area contributed by atoms with Crippen molar-refractivity contribution in [1.82, 2.24) is 0 Å². The third-order valence-electron chi connectivity index (χ3n) is 3.54. The number of rotatable bonds is 2. The number of nitroso groups, excluding NO2 is 1. The van der Waals surface area contributed by atoms with Crippen LogP contribution in [-0.4, -0.2) is 15.3 Å². The minimum atomic E-state index is -0.756. The summed E-state index contributed by atoms with van der Waals surface area (Å²) in [7, 11) is 0. The van der Waals surface area contributed by atoms with E-state index < -0.39 is 12.1 Å². The second kappa shape index (κ2) is 4.97. The first kappa shape index (κ1) is 13.2. The highest BCUT2D eigenvalue weighted by atomic mass is 16.5. The topological polar surface area (TPSA) is 99.4 Å². The zero-order valence-corrected chi connectivity index (χ0v) is 10.9. The van der Waals surface area contributed by atoms with Gasteiger partial charge in [-0.1, -0.05) is 17.3 Å². The van der Waals surface area contributed by atoms with E-state index in [4.69, 9.17) is 4.74 Å². The van der Waals surface area contributed by atoms with Gasteiger partial charge in [-0.25, -0.2) is 0 Å². The maximum absolute atomic E-state index is 11.1. The number of phenolic OH excluding ortho intramolecular Hbond substituents is 3. The Balaban J connectivity index is 2.02. The lowest BCUT2D eigenvalue weighted by atomic mass is 9.92. The van der Waals surface area contributed by atoms with E-state index in [1.165, 1.54) is 18.2 Å². The van der Waals surface area contributed by atoms with Gasteiger partial charge in [-0.2, -0.15) is 4.91 Å². The SMILES string of the molecule is O=NC1CC(c2ccc(O)cc2)Oc2cc(O)cc(O)c21. The van der Waals surface area contributed by atoms with Crippen LogP contribution in [0.3, 0.4) is 0 Å². The summed E-state index contributed by atoms with van der Waals surface area (Å²) in [5.41, 5.74) is 1.06. The molecule has 6 heteroatoms. The first-order valence-electron chi connectivity index (χ1n) is 6.42.